The lowest BCUT2D eigenvalue weighted by Gasteiger charge is -2.20. The van der Waals surface area contributed by atoms with Crippen molar-refractivity contribution in [1.29, 1.82) is 0 Å². The first-order valence-electron chi connectivity index (χ1n) is 6.56. The number of carboxylic acid groups (broad SMARTS) is 1. The molecule has 0 spiro atoms. The first-order valence-corrected chi connectivity index (χ1v) is 6.56. The third-order valence-corrected chi connectivity index (χ3v) is 3.61. The molecule has 0 aromatic heterocycles. The van der Waals surface area contributed by atoms with E-state index in [9.17, 15) is 9.59 Å². The van der Waals surface area contributed by atoms with Gasteiger partial charge >= 0.3 is 11.9 Å². The van der Waals surface area contributed by atoms with Crippen molar-refractivity contribution in [1.82, 2.24) is 0 Å². The third-order valence-electron chi connectivity index (χ3n) is 3.61. The molecule has 1 heterocycles. The Morgan fingerprint density at radius 2 is 2.11 bits per heavy atom. The van der Waals surface area contributed by atoms with Gasteiger partial charge in [0.25, 0.3) is 0 Å². The number of hydrogen-bond donors (Lipinski definition) is 1. The van der Waals surface area contributed by atoms with E-state index >= 15 is 0 Å². The molecule has 1 aliphatic heterocycles. The molecule has 0 radical (unpaired) electrons. The van der Waals surface area contributed by atoms with E-state index in [0.29, 0.717) is 13.0 Å². The zero-order valence-electron chi connectivity index (χ0n) is 11.0. The van der Waals surface area contributed by atoms with Crippen LogP contribution in [0, 0.1) is 5.92 Å². The molecular weight excluding hydrogens is 244 g/mol. The zero-order chi connectivity index (χ0) is 13.8. The molecule has 0 aliphatic carbocycles. The van der Waals surface area contributed by atoms with Crippen LogP contribution in [0.5, 0.6) is 0 Å². The molecule has 0 amide bonds. The predicted molar refractivity (Wildman–Crippen MR) is 69.9 cm³/mol. The Balaban J connectivity index is 2.02. The average Bonchev–Trinajstić information content (AvgIpc) is 2.41. The summed E-state index contributed by atoms with van der Waals surface area (Å²) in [5, 5.41) is 8.94. The summed E-state index contributed by atoms with van der Waals surface area (Å²) in [7, 11) is 0. The molecule has 2 atom stereocenters. The molecule has 1 aromatic carbocycles. The maximum atomic E-state index is 11.6. The van der Waals surface area contributed by atoms with Gasteiger partial charge in [-0.2, -0.15) is 0 Å². The van der Waals surface area contributed by atoms with Gasteiger partial charge in [0.15, 0.2) is 0 Å². The van der Waals surface area contributed by atoms with E-state index in [1.807, 2.05) is 24.3 Å². The highest BCUT2D eigenvalue weighted by Crippen LogP contribution is 2.22. The highest BCUT2D eigenvalue weighted by atomic mass is 16.5. The summed E-state index contributed by atoms with van der Waals surface area (Å²) in [5.74, 6) is -1.51. The lowest BCUT2D eigenvalue weighted by Crippen LogP contribution is -2.25. The van der Waals surface area contributed by atoms with Crippen LogP contribution in [0.3, 0.4) is 0 Å². The van der Waals surface area contributed by atoms with Gasteiger partial charge in [-0.3, -0.25) is 9.59 Å². The van der Waals surface area contributed by atoms with E-state index in [1.54, 1.807) is 6.92 Å². The Labute approximate surface area is 112 Å². The van der Waals surface area contributed by atoms with Crippen molar-refractivity contribution in [3.8, 4) is 0 Å². The maximum Gasteiger partial charge on any atom is 0.310 e. The standard InChI is InChI=1S/C15H18O4/c1-10(14(16)17)12-6-4-11(5-7-12)9-13-3-2-8-19-15(13)18/h4-7,10,13H,2-3,8-9H2,1H3,(H,16,17). The van der Waals surface area contributed by atoms with Crippen molar-refractivity contribution in [2.45, 2.75) is 32.1 Å². The van der Waals surface area contributed by atoms with E-state index in [4.69, 9.17) is 9.84 Å². The molecule has 0 saturated carbocycles. The topological polar surface area (TPSA) is 63.6 Å². The molecular formula is C15H18O4. The fraction of sp³-hybridized carbons (Fsp3) is 0.467. The van der Waals surface area contributed by atoms with Crippen molar-refractivity contribution in [3.05, 3.63) is 35.4 Å². The van der Waals surface area contributed by atoms with Crippen LogP contribution in [0.2, 0.25) is 0 Å². The summed E-state index contributed by atoms with van der Waals surface area (Å²) in [6.45, 7) is 2.19. The summed E-state index contributed by atoms with van der Waals surface area (Å²) >= 11 is 0. The summed E-state index contributed by atoms with van der Waals surface area (Å²) in [6, 6.07) is 7.44. The van der Waals surface area contributed by atoms with E-state index < -0.39 is 11.9 Å². The third kappa shape index (κ3) is 3.34. The van der Waals surface area contributed by atoms with Gasteiger partial charge in [-0.15, -0.1) is 0 Å². The molecule has 0 bridgehead atoms. The van der Waals surface area contributed by atoms with E-state index in [0.717, 1.165) is 24.0 Å². The quantitative estimate of drug-likeness (QED) is 0.846. The van der Waals surface area contributed by atoms with Gasteiger partial charge in [-0.05, 0) is 37.3 Å². The number of carbonyl (C=O) groups excluding carboxylic acids is 1. The van der Waals surface area contributed by atoms with Crippen LogP contribution in [0.1, 0.15) is 36.8 Å². The van der Waals surface area contributed by atoms with E-state index in [2.05, 4.69) is 0 Å². The van der Waals surface area contributed by atoms with Crippen LogP contribution in [-0.2, 0) is 20.7 Å². The van der Waals surface area contributed by atoms with Gasteiger partial charge in [0.05, 0.1) is 18.4 Å². The molecule has 1 aliphatic rings. The Kier molecular flexibility index (Phi) is 4.20. The minimum Gasteiger partial charge on any atom is -0.481 e. The lowest BCUT2D eigenvalue weighted by atomic mass is 9.92. The molecule has 1 N–H and O–H groups in total. The van der Waals surface area contributed by atoms with Crippen LogP contribution in [0.4, 0.5) is 0 Å². The molecule has 1 aromatic rings. The highest BCUT2D eigenvalue weighted by Gasteiger charge is 2.24. The monoisotopic (exact) mass is 262 g/mol. The largest absolute Gasteiger partial charge is 0.481 e. The number of esters is 1. The van der Waals surface area contributed by atoms with Gasteiger partial charge in [0.1, 0.15) is 0 Å². The Hall–Kier alpha value is -1.84. The van der Waals surface area contributed by atoms with Gasteiger partial charge in [-0.1, -0.05) is 24.3 Å². The fourth-order valence-corrected chi connectivity index (χ4v) is 2.29. The molecule has 1 fully saturated rings. The molecule has 19 heavy (non-hydrogen) atoms. The number of rotatable bonds is 4. The molecule has 102 valence electrons. The Morgan fingerprint density at radius 1 is 1.42 bits per heavy atom. The summed E-state index contributed by atoms with van der Waals surface area (Å²) in [5.41, 5.74) is 1.83. The molecule has 4 nitrogen and oxygen atoms in total. The smallest absolute Gasteiger partial charge is 0.310 e. The minimum atomic E-state index is -0.830. The molecule has 4 heteroatoms. The second-order valence-corrected chi connectivity index (χ2v) is 5.01. The van der Waals surface area contributed by atoms with Crippen LogP contribution in [-0.4, -0.2) is 23.7 Å². The van der Waals surface area contributed by atoms with Crippen LogP contribution in [0.25, 0.3) is 0 Å². The number of cyclic esters (lactones) is 1. The molecule has 1 saturated heterocycles. The van der Waals surface area contributed by atoms with Crippen molar-refractivity contribution < 1.29 is 19.4 Å². The number of benzene rings is 1. The minimum absolute atomic E-state index is 0.0588. The summed E-state index contributed by atoms with van der Waals surface area (Å²) < 4.78 is 5.04. The number of carbonyl (C=O) groups is 2. The van der Waals surface area contributed by atoms with Crippen LogP contribution < -0.4 is 0 Å². The van der Waals surface area contributed by atoms with Gasteiger partial charge in [0, 0.05) is 0 Å². The predicted octanol–water partition coefficient (Wildman–Crippen LogP) is 2.37. The van der Waals surface area contributed by atoms with Gasteiger partial charge < -0.3 is 9.84 Å². The van der Waals surface area contributed by atoms with E-state index in [-0.39, 0.29) is 11.9 Å². The Morgan fingerprint density at radius 3 is 2.68 bits per heavy atom. The number of carboxylic acids is 1. The normalized spacial score (nSPS) is 20.7. The van der Waals surface area contributed by atoms with Gasteiger partial charge in [-0.25, -0.2) is 0 Å². The SMILES string of the molecule is CC(C(=O)O)c1ccc(CC2CCCOC2=O)cc1. The van der Waals surface area contributed by atoms with Gasteiger partial charge in [0.2, 0.25) is 0 Å². The lowest BCUT2D eigenvalue weighted by molar-refractivity contribution is -0.152. The second kappa shape index (κ2) is 5.87. The van der Waals surface area contributed by atoms with Crippen LogP contribution >= 0.6 is 0 Å². The number of hydrogen-bond acceptors (Lipinski definition) is 3. The van der Waals surface area contributed by atoms with Crippen molar-refractivity contribution in [2.75, 3.05) is 6.61 Å². The maximum absolute atomic E-state index is 11.6. The first-order chi connectivity index (χ1) is 9.08. The van der Waals surface area contributed by atoms with Crippen LogP contribution in [0.15, 0.2) is 24.3 Å². The summed E-state index contributed by atoms with van der Waals surface area (Å²) in [4.78, 5) is 22.4. The number of aliphatic carboxylic acids is 1. The van der Waals surface area contributed by atoms with E-state index in [1.165, 1.54) is 0 Å². The van der Waals surface area contributed by atoms with Crippen molar-refractivity contribution in [2.24, 2.45) is 5.92 Å². The zero-order valence-corrected chi connectivity index (χ0v) is 11.0. The fourth-order valence-electron chi connectivity index (χ4n) is 2.29. The molecule has 2 unspecified atom stereocenters. The summed E-state index contributed by atoms with van der Waals surface area (Å²) in [6.07, 6.45) is 2.46. The highest BCUT2D eigenvalue weighted by molar-refractivity contribution is 5.75. The Bertz CT molecular complexity index is 464. The number of ether oxygens (including phenoxy) is 1. The van der Waals surface area contributed by atoms with Crippen molar-refractivity contribution >= 4 is 11.9 Å². The first kappa shape index (κ1) is 13.6. The average molecular weight is 262 g/mol. The second-order valence-electron chi connectivity index (χ2n) is 5.01. The molecule has 2 rings (SSSR count). The van der Waals surface area contributed by atoms with Crippen molar-refractivity contribution in [3.63, 3.8) is 0 Å².